The minimum atomic E-state index is 0.00447. The first-order chi connectivity index (χ1) is 6.85. The Hall–Kier alpha value is -1.41. The highest BCUT2D eigenvalue weighted by molar-refractivity contribution is 5.84. The fourth-order valence-corrected chi connectivity index (χ4v) is 1.62. The lowest BCUT2D eigenvalue weighted by Crippen LogP contribution is -1.91. The maximum atomic E-state index is 9.14. The molecule has 0 aliphatic rings. The predicted molar refractivity (Wildman–Crippen MR) is 57.0 cm³/mol. The second-order valence-electron chi connectivity index (χ2n) is 3.32. The molecule has 1 aromatic heterocycles. The van der Waals surface area contributed by atoms with E-state index in [4.69, 9.17) is 5.11 Å². The van der Waals surface area contributed by atoms with Crippen molar-refractivity contribution >= 4 is 10.8 Å². The van der Waals surface area contributed by atoms with E-state index in [1.165, 1.54) is 5.56 Å². The van der Waals surface area contributed by atoms with Crippen LogP contribution in [0, 0.1) is 0 Å². The van der Waals surface area contributed by atoms with E-state index in [1.54, 1.807) is 6.20 Å². The molecule has 0 fully saturated rings. The van der Waals surface area contributed by atoms with Gasteiger partial charge < -0.3 is 5.11 Å². The molecule has 0 saturated carbocycles. The van der Waals surface area contributed by atoms with Gasteiger partial charge >= 0.3 is 0 Å². The molecule has 0 bridgehead atoms. The maximum absolute atomic E-state index is 9.14. The lowest BCUT2D eigenvalue weighted by atomic mass is 10.1. The van der Waals surface area contributed by atoms with Crippen LogP contribution in [-0.4, -0.2) is 10.1 Å². The van der Waals surface area contributed by atoms with Gasteiger partial charge in [0.25, 0.3) is 0 Å². The molecule has 72 valence electrons. The zero-order valence-corrected chi connectivity index (χ0v) is 8.20. The van der Waals surface area contributed by atoms with E-state index in [9.17, 15) is 0 Å². The van der Waals surface area contributed by atoms with Gasteiger partial charge in [-0.2, -0.15) is 0 Å². The topological polar surface area (TPSA) is 33.1 Å². The number of hydrogen-bond acceptors (Lipinski definition) is 2. The van der Waals surface area contributed by atoms with Crippen molar-refractivity contribution in [2.24, 2.45) is 0 Å². The van der Waals surface area contributed by atoms with Crippen molar-refractivity contribution in [2.75, 3.05) is 0 Å². The Balaban J connectivity index is 2.70. The van der Waals surface area contributed by atoms with Gasteiger partial charge in [-0.15, -0.1) is 0 Å². The standard InChI is InChI=1S/C12H13NO/c1-2-9-3-4-10-5-6-13-12(8-14)11(10)7-9/h3-7,14H,2,8H2,1H3. The Morgan fingerprint density at radius 1 is 1.29 bits per heavy atom. The molecule has 0 aliphatic carbocycles. The molecule has 0 amide bonds. The molecule has 0 atom stereocenters. The fraction of sp³-hybridized carbons (Fsp3) is 0.250. The second kappa shape index (κ2) is 3.76. The number of benzene rings is 1. The van der Waals surface area contributed by atoms with E-state index in [0.29, 0.717) is 0 Å². The van der Waals surface area contributed by atoms with Crippen molar-refractivity contribution in [3.8, 4) is 0 Å². The Morgan fingerprint density at radius 3 is 2.86 bits per heavy atom. The molecular formula is C12H13NO. The predicted octanol–water partition coefficient (Wildman–Crippen LogP) is 2.29. The number of hydrogen-bond donors (Lipinski definition) is 1. The monoisotopic (exact) mass is 187 g/mol. The van der Waals surface area contributed by atoms with E-state index in [0.717, 1.165) is 22.9 Å². The van der Waals surface area contributed by atoms with Gasteiger partial charge in [-0.25, -0.2) is 0 Å². The summed E-state index contributed by atoms with van der Waals surface area (Å²) in [7, 11) is 0. The lowest BCUT2D eigenvalue weighted by molar-refractivity contribution is 0.278. The summed E-state index contributed by atoms with van der Waals surface area (Å²) < 4.78 is 0. The van der Waals surface area contributed by atoms with Gasteiger partial charge in [0.2, 0.25) is 0 Å². The first-order valence-corrected chi connectivity index (χ1v) is 4.82. The SMILES string of the molecule is CCc1ccc2ccnc(CO)c2c1. The summed E-state index contributed by atoms with van der Waals surface area (Å²) >= 11 is 0. The summed E-state index contributed by atoms with van der Waals surface area (Å²) in [6, 6.07) is 8.26. The van der Waals surface area contributed by atoms with E-state index < -0.39 is 0 Å². The normalized spacial score (nSPS) is 10.7. The first kappa shape index (κ1) is 9.16. The summed E-state index contributed by atoms with van der Waals surface area (Å²) in [6.45, 7) is 2.13. The third kappa shape index (κ3) is 1.49. The van der Waals surface area contributed by atoms with Gasteiger partial charge in [0.15, 0.2) is 0 Å². The number of fused-ring (bicyclic) bond motifs is 1. The van der Waals surface area contributed by atoms with Crippen LogP contribution in [0.4, 0.5) is 0 Å². The van der Waals surface area contributed by atoms with E-state index >= 15 is 0 Å². The van der Waals surface area contributed by atoms with Crippen LogP contribution in [-0.2, 0) is 13.0 Å². The third-order valence-electron chi connectivity index (χ3n) is 2.47. The zero-order chi connectivity index (χ0) is 9.97. The fourth-order valence-electron chi connectivity index (χ4n) is 1.62. The van der Waals surface area contributed by atoms with Crippen LogP contribution >= 0.6 is 0 Å². The quantitative estimate of drug-likeness (QED) is 0.782. The number of pyridine rings is 1. The van der Waals surface area contributed by atoms with Gasteiger partial charge in [0.05, 0.1) is 12.3 Å². The number of aliphatic hydroxyl groups is 1. The average Bonchev–Trinajstić information content (AvgIpc) is 2.27. The van der Waals surface area contributed by atoms with Crippen LogP contribution < -0.4 is 0 Å². The number of aromatic nitrogens is 1. The van der Waals surface area contributed by atoms with Crippen LogP contribution in [0.15, 0.2) is 30.5 Å². The zero-order valence-electron chi connectivity index (χ0n) is 8.20. The van der Waals surface area contributed by atoms with Gasteiger partial charge in [-0.1, -0.05) is 19.1 Å². The average molecular weight is 187 g/mol. The largest absolute Gasteiger partial charge is 0.390 e. The molecule has 2 rings (SSSR count). The molecule has 2 nitrogen and oxygen atoms in total. The third-order valence-corrected chi connectivity index (χ3v) is 2.47. The first-order valence-electron chi connectivity index (χ1n) is 4.82. The number of rotatable bonds is 2. The van der Waals surface area contributed by atoms with Crippen LogP contribution in [0.3, 0.4) is 0 Å². The minimum absolute atomic E-state index is 0.00447. The summed E-state index contributed by atoms with van der Waals surface area (Å²) in [4.78, 5) is 4.15. The minimum Gasteiger partial charge on any atom is -0.390 e. The van der Waals surface area contributed by atoms with Crippen molar-refractivity contribution in [1.29, 1.82) is 0 Å². The summed E-state index contributed by atoms with van der Waals surface area (Å²) in [6.07, 6.45) is 2.75. The van der Waals surface area contributed by atoms with Gasteiger partial charge in [0.1, 0.15) is 0 Å². The van der Waals surface area contributed by atoms with E-state index in [1.807, 2.05) is 6.07 Å². The second-order valence-corrected chi connectivity index (χ2v) is 3.32. The Labute approximate surface area is 83.2 Å². The van der Waals surface area contributed by atoms with Crippen LogP contribution in [0.2, 0.25) is 0 Å². The van der Waals surface area contributed by atoms with Crippen LogP contribution in [0.5, 0.6) is 0 Å². The Bertz CT molecular complexity index is 451. The molecule has 0 aliphatic heterocycles. The molecule has 1 N–H and O–H groups in total. The highest BCUT2D eigenvalue weighted by atomic mass is 16.3. The molecule has 1 heterocycles. The molecular weight excluding hydrogens is 174 g/mol. The number of aliphatic hydroxyl groups excluding tert-OH is 1. The highest BCUT2D eigenvalue weighted by Crippen LogP contribution is 2.18. The van der Waals surface area contributed by atoms with Crippen molar-refractivity contribution in [1.82, 2.24) is 4.98 Å². The van der Waals surface area contributed by atoms with Crippen molar-refractivity contribution in [2.45, 2.75) is 20.0 Å². The van der Waals surface area contributed by atoms with E-state index in [2.05, 4.69) is 30.1 Å². The molecule has 0 unspecified atom stereocenters. The Morgan fingerprint density at radius 2 is 2.14 bits per heavy atom. The van der Waals surface area contributed by atoms with E-state index in [-0.39, 0.29) is 6.61 Å². The number of nitrogens with zero attached hydrogens (tertiary/aromatic N) is 1. The molecule has 14 heavy (non-hydrogen) atoms. The number of aryl methyl sites for hydroxylation is 1. The van der Waals surface area contributed by atoms with Crippen molar-refractivity contribution in [3.63, 3.8) is 0 Å². The molecule has 0 radical (unpaired) electrons. The van der Waals surface area contributed by atoms with Crippen molar-refractivity contribution in [3.05, 3.63) is 41.7 Å². The summed E-state index contributed by atoms with van der Waals surface area (Å²) in [5.74, 6) is 0. The molecule has 1 aromatic carbocycles. The molecule has 2 heteroatoms. The smallest absolute Gasteiger partial charge is 0.0859 e. The molecule has 0 saturated heterocycles. The molecule has 0 spiro atoms. The van der Waals surface area contributed by atoms with Crippen molar-refractivity contribution < 1.29 is 5.11 Å². The van der Waals surface area contributed by atoms with Gasteiger partial charge in [-0.05, 0) is 29.5 Å². The van der Waals surface area contributed by atoms with Crippen LogP contribution in [0.1, 0.15) is 18.2 Å². The van der Waals surface area contributed by atoms with Crippen LogP contribution in [0.25, 0.3) is 10.8 Å². The van der Waals surface area contributed by atoms with Gasteiger partial charge in [0, 0.05) is 11.6 Å². The van der Waals surface area contributed by atoms with Gasteiger partial charge in [-0.3, -0.25) is 4.98 Å². The maximum Gasteiger partial charge on any atom is 0.0859 e. The summed E-state index contributed by atoms with van der Waals surface area (Å²) in [5, 5.41) is 11.3. The highest BCUT2D eigenvalue weighted by Gasteiger charge is 2.01. The molecule has 2 aromatic rings. The lowest BCUT2D eigenvalue weighted by Gasteiger charge is -2.04. The Kier molecular flexibility index (Phi) is 2.46. The summed E-state index contributed by atoms with van der Waals surface area (Å²) in [5.41, 5.74) is 2.04.